The Labute approximate surface area is 98.8 Å². The summed E-state index contributed by atoms with van der Waals surface area (Å²) in [5, 5.41) is 8.85. The van der Waals surface area contributed by atoms with Crippen molar-refractivity contribution in [1.29, 1.82) is 0 Å². The van der Waals surface area contributed by atoms with Gasteiger partial charge in [0, 0.05) is 5.69 Å². The number of nitrogens with two attached hydrogens (primary N) is 1. The molecule has 0 unspecified atom stereocenters. The second kappa shape index (κ2) is 4.18. The zero-order valence-corrected chi connectivity index (χ0v) is 9.30. The highest BCUT2D eigenvalue weighted by atomic mass is 16.4. The zero-order chi connectivity index (χ0) is 12.5. The van der Waals surface area contributed by atoms with Crippen molar-refractivity contribution in [2.75, 3.05) is 11.4 Å². The molecule has 0 bridgehead atoms. The van der Waals surface area contributed by atoms with Crippen molar-refractivity contribution in [3.63, 3.8) is 0 Å². The minimum atomic E-state index is -1.05. The molecule has 90 valence electrons. The number of carboxylic acid groups (broad SMARTS) is 1. The summed E-state index contributed by atoms with van der Waals surface area (Å²) in [6, 6.07) is 8.72. The van der Waals surface area contributed by atoms with Crippen molar-refractivity contribution in [2.45, 2.75) is 18.4 Å². The highest BCUT2D eigenvalue weighted by Crippen LogP contribution is 2.35. The van der Waals surface area contributed by atoms with Gasteiger partial charge >= 0.3 is 5.97 Å². The van der Waals surface area contributed by atoms with Gasteiger partial charge in [0.15, 0.2) is 0 Å². The highest BCUT2D eigenvalue weighted by molar-refractivity contribution is 6.04. The maximum atomic E-state index is 12.1. The second-order valence-electron chi connectivity index (χ2n) is 4.28. The summed E-state index contributed by atoms with van der Waals surface area (Å²) >= 11 is 0. The van der Waals surface area contributed by atoms with Crippen LogP contribution in [0, 0.1) is 0 Å². The van der Waals surface area contributed by atoms with Crippen LogP contribution in [0.15, 0.2) is 30.3 Å². The molecule has 2 rings (SSSR count). The van der Waals surface area contributed by atoms with Gasteiger partial charge in [-0.2, -0.15) is 0 Å². The first-order valence-corrected chi connectivity index (χ1v) is 5.41. The third-order valence-corrected chi connectivity index (χ3v) is 2.82. The molecule has 1 aliphatic rings. The standard InChI is InChI=1S/C12H14N2O3/c13-12(6-7-12)11(17)14(8-10(15)16)9-4-2-1-3-5-9/h1-5H,6-8,13H2,(H,15,16). The van der Waals surface area contributed by atoms with E-state index >= 15 is 0 Å². The summed E-state index contributed by atoms with van der Waals surface area (Å²) in [5.74, 6) is -1.36. The molecule has 0 spiro atoms. The number of rotatable bonds is 4. The third kappa shape index (κ3) is 2.45. The average Bonchev–Trinajstić information content (AvgIpc) is 3.06. The van der Waals surface area contributed by atoms with Crippen molar-refractivity contribution in [3.05, 3.63) is 30.3 Å². The summed E-state index contributed by atoms with van der Waals surface area (Å²) in [6.07, 6.45) is 1.24. The summed E-state index contributed by atoms with van der Waals surface area (Å²) in [6.45, 7) is -0.359. The van der Waals surface area contributed by atoms with Crippen LogP contribution < -0.4 is 10.6 Å². The molecule has 3 N–H and O–H groups in total. The normalized spacial score (nSPS) is 16.3. The number of hydrogen-bond donors (Lipinski definition) is 2. The predicted octanol–water partition coefficient (Wildman–Crippen LogP) is 0.595. The molecule has 0 aromatic heterocycles. The van der Waals surface area contributed by atoms with Gasteiger partial charge in [0.25, 0.3) is 0 Å². The van der Waals surface area contributed by atoms with E-state index in [1.54, 1.807) is 24.3 Å². The summed E-state index contributed by atoms with van der Waals surface area (Å²) in [5.41, 5.74) is 5.53. The average molecular weight is 234 g/mol. The molecule has 1 saturated carbocycles. The highest BCUT2D eigenvalue weighted by Gasteiger charge is 2.48. The maximum Gasteiger partial charge on any atom is 0.323 e. The van der Waals surface area contributed by atoms with Gasteiger partial charge in [-0.3, -0.25) is 14.5 Å². The van der Waals surface area contributed by atoms with Crippen LogP contribution in [0.3, 0.4) is 0 Å². The van der Waals surface area contributed by atoms with Crippen LogP contribution in [0.1, 0.15) is 12.8 Å². The van der Waals surface area contributed by atoms with Crippen molar-refractivity contribution >= 4 is 17.6 Å². The number of hydrogen-bond acceptors (Lipinski definition) is 3. The molecular formula is C12H14N2O3. The van der Waals surface area contributed by atoms with Crippen molar-refractivity contribution < 1.29 is 14.7 Å². The Morgan fingerprint density at radius 2 is 1.88 bits per heavy atom. The molecule has 1 aromatic carbocycles. The van der Waals surface area contributed by atoms with E-state index in [-0.39, 0.29) is 12.5 Å². The fraction of sp³-hybridized carbons (Fsp3) is 0.333. The molecule has 1 amide bonds. The Morgan fingerprint density at radius 1 is 1.29 bits per heavy atom. The third-order valence-electron chi connectivity index (χ3n) is 2.82. The number of aliphatic carboxylic acids is 1. The molecule has 0 saturated heterocycles. The fourth-order valence-electron chi connectivity index (χ4n) is 1.64. The largest absolute Gasteiger partial charge is 0.480 e. The lowest BCUT2D eigenvalue weighted by atomic mass is 10.2. The minimum absolute atomic E-state index is 0.314. The van der Waals surface area contributed by atoms with Crippen LogP contribution in [0.5, 0.6) is 0 Å². The number of carboxylic acids is 1. The number of carbonyl (C=O) groups is 2. The van der Waals surface area contributed by atoms with E-state index in [0.29, 0.717) is 18.5 Å². The molecule has 0 radical (unpaired) electrons. The molecule has 1 aliphatic carbocycles. The van der Waals surface area contributed by atoms with E-state index in [9.17, 15) is 9.59 Å². The van der Waals surface area contributed by atoms with Crippen LogP contribution in [-0.4, -0.2) is 29.1 Å². The van der Waals surface area contributed by atoms with E-state index in [1.807, 2.05) is 6.07 Å². The zero-order valence-electron chi connectivity index (χ0n) is 9.30. The Balaban J connectivity index is 2.25. The van der Waals surface area contributed by atoms with Gasteiger partial charge in [-0.15, -0.1) is 0 Å². The second-order valence-corrected chi connectivity index (χ2v) is 4.28. The minimum Gasteiger partial charge on any atom is -0.480 e. The van der Waals surface area contributed by atoms with Gasteiger partial charge in [0.1, 0.15) is 6.54 Å². The van der Waals surface area contributed by atoms with E-state index in [1.165, 1.54) is 4.90 Å². The topological polar surface area (TPSA) is 83.6 Å². The lowest BCUT2D eigenvalue weighted by Crippen LogP contribution is -2.47. The van der Waals surface area contributed by atoms with Crippen LogP contribution in [-0.2, 0) is 9.59 Å². The lowest BCUT2D eigenvalue weighted by Gasteiger charge is -2.23. The first-order valence-electron chi connectivity index (χ1n) is 5.41. The van der Waals surface area contributed by atoms with Gasteiger partial charge in [-0.05, 0) is 25.0 Å². The number of benzene rings is 1. The number of nitrogens with zero attached hydrogens (tertiary/aromatic N) is 1. The van der Waals surface area contributed by atoms with Crippen molar-refractivity contribution in [3.8, 4) is 0 Å². The monoisotopic (exact) mass is 234 g/mol. The molecule has 0 atom stereocenters. The number of anilines is 1. The molecule has 0 heterocycles. The number of amides is 1. The van der Waals surface area contributed by atoms with Gasteiger partial charge in [-0.1, -0.05) is 18.2 Å². The summed E-state index contributed by atoms with van der Waals surface area (Å²) < 4.78 is 0. The van der Waals surface area contributed by atoms with Gasteiger partial charge in [-0.25, -0.2) is 0 Å². The predicted molar refractivity (Wildman–Crippen MR) is 62.6 cm³/mol. The SMILES string of the molecule is NC1(C(=O)N(CC(=O)O)c2ccccc2)CC1. The molecule has 0 aliphatic heterocycles. The first-order chi connectivity index (χ1) is 8.03. The van der Waals surface area contributed by atoms with E-state index in [4.69, 9.17) is 10.8 Å². The van der Waals surface area contributed by atoms with Crippen molar-refractivity contribution in [1.82, 2.24) is 0 Å². The lowest BCUT2D eigenvalue weighted by molar-refractivity contribution is -0.136. The Morgan fingerprint density at radius 3 is 2.35 bits per heavy atom. The Kier molecular flexibility index (Phi) is 2.85. The van der Waals surface area contributed by atoms with E-state index < -0.39 is 11.5 Å². The first kappa shape index (κ1) is 11.6. The van der Waals surface area contributed by atoms with Crippen LogP contribution in [0.4, 0.5) is 5.69 Å². The summed E-state index contributed by atoms with van der Waals surface area (Å²) in [7, 11) is 0. The van der Waals surface area contributed by atoms with Crippen LogP contribution in [0.25, 0.3) is 0 Å². The Bertz CT molecular complexity index is 440. The molecule has 5 heteroatoms. The quantitative estimate of drug-likeness (QED) is 0.798. The summed E-state index contributed by atoms with van der Waals surface area (Å²) in [4.78, 5) is 24.1. The number of para-hydroxylation sites is 1. The van der Waals surface area contributed by atoms with Gasteiger partial charge in [0.05, 0.1) is 5.54 Å². The number of carbonyl (C=O) groups excluding carboxylic acids is 1. The molecule has 5 nitrogen and oxygen atoms in total. The van der Waals surface area contributed by atoms with E-state index in [2.05, 4.69) is 0 Å². The fourth-order valence-corrected chi connectivity index (χ4v) is 1.64. The van der Waals surface area contributed by atoms with Crippen LogP contribution in [0.2, 0.25) is 0 Å². The Hall–Kier alpha value is -1.88. The molecule has 1 aromatic rings. The molecular weight excluding hydrogens is 220 g/mol. The van der Waals surface area contributed by atoms with Crippen LogP contribution >= 0.6 is 0 Å². The maximum absolute atomic E-state index is 12.1. The van der Waals surface area contributed by atoms with Gasteiger partial charge < -0.3 is 10.8 Å². The van der Waals surface area contributed by atoms with E-state index in [0.717, 1.165) is 0 Å². The molecule has 17 heavy (non-hydrogen) atoms. The van der Waals surface area contributed by atoms with Gasteiger partial charge in [0.2, 0.25) is 5.91 Å². The van der Waals surface area contributed by atoms with Crippen molar-refractivity contribution in [2.24, 2.45) is 5.73 Å². The smallest absolute Gasteiger partial charge is 0.323 e. The molecule has 1 fully saturated rings.